The van der Waals surface area contributed by atoms with Crippen LogP contribution in [0.3, 0.4) is 0 Å². The zero-order valence-electron chi connectivity index (χ0n) is 24.1. The van der Waals surface area contributed by atoms with Crippen LogP contribution in [0.1, 0.15) is 6.92 Å². The van der Waals surface area contributed by atoms with E-state index in [0.717, 1.165) is 39.2 Å². The van der Waals surface area contributed by atoms with Crippen LogP contribution in [-0.2, 0) is 16.6 Å². The fraction of sp³-hybridized carbons (Fsp3) is 0.226. The van der Waals surface area contributed by atoms with Crippen LogP contribution in [0, 0.1) is 0 Å². The zero-order valence-corrected chi connectivity index (χ0v) is 24.1. The van der Waals surface area contributed by atoms with Gasteiger partial charge in [0.25, 0.3) is 0 Å². The standard InChI is InChI=1S/C31H31N9O3/c1-20(41)39(3)26-10-8-25(9-11-26)35-31(42)34-24-6-4-21(5-7-24)29-36-27-16-22(23-18-33-38(2)19-23)17-32-28(27)30(37-29)40-12-14-43-15-13-40/h4-11,16-19H,12-15H2,1-3H3,(H2,34,35,42). The maximum atomic E-state index is 12.6. The number of nitrogens with one attached hydrogen (secondary N) is 2. The summed E-state index contributed by atoms with van der Waals surface area (Å²) < 4.78 is 7.32. The Morgan fingerprint density at radius 2 is 1.56 bits per heavy atom. The first-order chi connectivity index (χ1) is 20.8. The number of carbonyl (C=O) groups is 2. The normalized spacial score (nSPS) is 13.1. The maximum absolute atomic E-state index is 12.6. The Labute approximate surface area is 248 Å². The first-order valence-electron chi connectivity index (χ1n) is 13.9. The van der Waals surface area contributed by atoms with Crippen molar-refractivity contribution >= 4 is 45.9 Å². The minimum atomic E-state index is -0.383. The molecule has 0 bridgehead atoms. The topological polar surface area (TPSA) is 130 Å². The fourth-order valence-electron chi connectivity index (χ4n) is 4.80. The lowest BCUT2D eigenvalue weighted by molar-refractivity contribution is -0.116. The van der Waals surface area contributed by atoms with Crippen LogP contribution in [-0.4, -0.2) is 70.0 Å². The first kappa shape index (κ1) is 27.8. The van der Waals surface area contributed by atoms with E-state index in [2.05, 4.69) is 20.6 Å². The van der Waals surface area contributed by atoms with E-state index in [1.54, 1.807) is 42.2 Å². The molecule has 0 aliphatic carbocycles. The number of nitrogens with zero attached hydrogens (tertiary/aromatic N) is 7. The van der Waals surface area contributed by atoms with Crippen LogP contribution in [0.15, 0.2) is 73.2 Å². The Morgan fingerprint density at radius 1 is 0.884 bits per heavy atom. The van der Waals surface area contributed by atoms with E-state index >= 15 is 0 Å². The van der Waals surface area contributed by atoms with E-state index in [4.69, 9.17) is 19.7 Å². The van der Waals surface area contributed by atoms with Gasteiger partial charge in [0.1, 0.15) is 5.52 Å². The Balaban J connectivity index is 1.23. The van der Waals surface area contributed by atoms with E-state index in [9.17, 15) is 9.59 Å². The monoisotopic (exact) mass is 577 g/mol. The van der Waals surface area contributed by atoms with Crippen LogP contribution < -0.4 is 20.4 Å². The number of aryl methyl sites for hydroxylation is 1. The van der Waals surface area contributed by atoms with E-state index < -0.39 is 0 Å². The average Bonchev–Trinajstić information content (AvgIpc) is 3.47. The summed E-state index contributed by atoms with van der Waals surface area (Å²) in [6.07, 6.45) is 5.58. The number of hydrogen-bond acceptors (Lipinski definition) is 8. The van der Waals surface area contributed by atoms with E-state index in [-0.39, 0.29) is 11.9 Å². The van der Waals surface area contributed by atoms with E-state index in [1.165, 1.54) is 11.8 Å². The summed E-state index contributed by atoms with van der Waals surface area (Å²) in [7, 11) is 3.58. The molecule has 43 heavy (non-hydrogen) atoms. The van der Waals surface area contributed by atoms with Crippen LogP contribution in [0.5, 0.6) is 0 Å². The number of morpholine rings is 1. The third-order valence-electron chi connectivity index (χ3n) is 7.25. The van der Waals surface area contributed by atoms with Crippen LogP contribution >= 0.6 is 0 Å². The van der Waals surface area contributed by atoms with Gasteiger partial charge >= 0.3 is 6.03 Å². The highest BCUT2D eigenvalue weighted by Gasteiger charge is 2.20. The zero-order chi connectivity index (χ0) is 29.9. The van der Waals surface area contributed by atoms with E-state index in [1.807, 2.05) is 49.8 Å². The van der Waals surface area contributed by atoms with Gasteiger partial charge in [0, 0.05) is 80.3 Å². The molecule has 0 radical (unpaired) electrons. The predicted molar refractivity (Wildman–Crippen MR) is 166 cm³/mol. The molecule has 1 aliphatic rings. The van der Waals surface area contributed by atoms with Crippen molar-refractivity contribution in [2.45, 2.75) is 6.92 Å². The Bertz CT molecular complexity index is 1780. The van der Waals surface area contributed by atoms with Gasteiger partial charge in [0.05, 0.1) is 24.9 Å². The van der Waals surface area contributed by atoms with Gasteiger partial charge in [-0.3, -0.25) is 14.5 Å². The highest BCUT2D eigenvalue weighted by Crippen LogP contribution is 2.30. The number of hydrogen-bond donors (Lipinski definition) is 2. The molecule has 0 atom stereocenters. The fourth-order valence-corrected chi connectivity index (χ4v) is 4.80. The molecule has 2 N–H and O–H groups in total. The molecule has 218 valence electrons. The Hall–Kier alpha value is -5.36. The van der Waals surface area contributed by atoms with Crippen molar-refractivity contribution in [2.75, 3.05) is 53.8 Å². The molecular formula is C31H31N9O3. The minimum absolute atomic E-state index is 0.0699. The average molecular weight is 578 g/mol. The van der Waals surface area contributed by atoms with Crippen molar-refractivity contribution in [3.8, 4) is 22.5 Å². The molecular weight excluding hydrogens is 546 g/mol. The molecule has 0 unspecified atom stereocenters. The number of benzene rings is 2. The van der Waals surface area contributed by atoms with Gasteiger partial charge < -0.3 is 25.2 Å². The van der Waals surface area contributed by atoms with E-state index in [0.29, 0.717) is 43.5 Å². The molecule has 3 amide bonds. The van der Waals surface area contributed by atoms with Gasteiger partial charge in [-0.05, 0) is 54.6 Å². The van der Waals surface area contributed by atoms with Crippen molar-refractivity contribution in [1.29, 1.82) is 0 Å². The van der Waals surface area contributed by atoms with Crippen molar-refractivity contribution in [3.05, 3.63) is 73.2 Å². The minimum Gasteiger partial charge on any atom is -0.378 e. The highest BCUT2D eigenvalue weighted by atomic mass is 16.5. The Kier molecular flexibility index (Phi) is 7.67. The number of ether oxygens (including phenoxy) is 1. The SMILES string of the molecule is CC(=O)N(C)c1ccc(NC(=O)Nc2ccc(-c3nc(N4CCOCC4)c4ncc(-c5cnn(C)c5)cc4n3)cc2)cc1. The summed E-state index contributed by atoms with van der Waals surface area (Å²) in [5, 5.41) is 9.94. The van der Waals surface area contributed by atoms with Crippen LogP contribution in [0.2, 0.25) is 0 Å². The lowest BCUT2D eigenvalue weighted by atomic mass is 10.1. The number of urea groups is 1. The van der Waals surface area contributed by atoms with Crippen molar-refractivity contribution < 1.29 is 14.3 Å². The Morgan fingerprint density at radius 3 is 2.19 bits per heavy atom. The third kappa shape index (κ3) is 6.14. The summed E-state index contributed by atoms with van der Waals surface area (Å²) >= 11 is 0. The molecule has 6 rings (SSSR count). The smallest absolute Gasteiger partial charge is 0.323 e. The van der Waals surface area contributed by atoms with Crippen LogP contribution in [0.25, 0.3) is 33.5 Å². The van der Waals surface area contributed by atoms with Gasteiger partial charge in [-0.25, -0.2) is 14.8 Å². The van der Waals surface area contributed by atoms with Gasteiger partial charge in [-0.2, -0.15) is 5.10 Å². The summed E-state index contributed by atoms with van der Waals surface area (Å²) in [6.45, 7) is 4.17. The molecule has 1 saturated heterocycles. The van der Waals surface area contributed by atoms with Crippen molar-refractivity contribution in [3.63, 3.8) is 0 Å². The number of fused-ring (bicyclic) bond motifs is 1. The molecule has 0 spiro atoms. The number of anilines is 4. The molecule has 12 nitrogen and oxygen atoms in total. The largest absolute Gasteiger partial charge is 0.378 e. The molecule has 12 heteroatoms. The highest BCUT2D eigenvalue weighted by molar-refractivity contribution is 6.00. The molecule has 1 fully saturated rings. The second-order valence-corrected chi connectivity index (χ2v) is 10.2. The molecule has 3 aromatic heterocycles. The quantitative estimate of drug-likeness (QED) is 0.301. The second kappa shape index (κ2) is 11.9. The first-order valence-corrected chi connectivity index (χ1v) is 13.9. The molecule has 5 aromatic rings. The number of pyridine rings is 1. The predicted octanol–water partition coefficient (Wildman–Crippen LogP) is 4.56. The maximum Gasteiger partial charge on any atom is 0.323 e. The number of carbonyl (C=O) groups excluding carboxylic acids is 2. The summed E-state index contributed by atoms with van der Waals surface area (Å²) in [6, 6.07) is 16.0. The summed E-state index contributed by atoms with van der Waals surface area (Å²) in [4.78, 5) is 42.5. The summed E-state index contributed by atoms with van der Waals surface area (Å²) in [5.74, 6) is 1.26. The number of amides is 3. The van der Waals surface area contributed by atoms with Gasteiger partial charge in [-0.15, -0.1) is 0 Å². The van der Waals surface area contributed by atoms with Crippen molar-refractivity contribution in [1.82, 2.24) is 24.7 Å². The lowest BCUT2D eigenvalue weighted by Gasteiger charge is -2.28. The van der Waals surface area contributed by atoms with Gasteiger partial charge in [-0.1, -0.05) is 0 Å². The van der Waals surface area contributed by atoms with Gasteiger partial charge in [0.2, 0.25) is 5.91 Å². The molecule has 4 heterocycles. The van der Waals surface area contributed by atoms with Gasteiger partial charge in [0.15, 0.2) is 11.6 Å². The molecule has 2 aromatic carbocycles. The second-order valence-electron chi connectivity index (χ2n) is 10.2. The van der Waals surface area contributed by atoms with Crippen LogP contribution in [0.4, 0.5) is 27.7 Å². The molecule has 1 aliphatic heterocycles. The number of aromatic nitrogens is 5. The number of rotatable bonds is 6. The summed E-state index contributed by atoms with van der Waals surface area (Å²) in [5.41, 5.74) is 6.11. The molecule has 0 saturated carbocycles. The lowest BCUT2D eigenvalue weighted by Crippen LogP contribution is -2.37. The third-order valence-corrected chi connectivity index (χ3v) is 7.25. The van der Waals surface area contributed by atoms with Crippen molar-refractivity contribution in [2.24, 2.45) is 7.05 Å².